The van der Waals surface area contributed by atoms with Gasteiger partial charge in [0.2, 0.25) is 0 Å². The summed E-state index contributed by atoms with van der Waals surface area (Å²) in [5.41, 5.74) is 0. The van der Waals surface area contributed by atoms with Gasteiger partial charge in [0.25, 0.3) is 7.82 Å². The largest absolute Gasteiger partial charge is 0.756 e. The number of hydrogen-bond acceptors (Lipinski definition) is 9. The molecular formula is C46H84NO9P. The Kier molecular flexibility index (Phi) is 36.8. The summed E-state index contributed by atoms with van der Waals surface area (Å²) in [4.78, 5) is 24.9. The summed E-state index contributed by atoms with van der Waals surface area (Å²) in [7, 11) is 1.22. The molecule has 0 aromatic heterocycles. The number of phosphoric ester groups is 1. The van der Waals surface area contributed by atoms with Gasteiger partial charge in [-0.3, -0.25) is 9.36 Å². The Morgan fingerprint density at radius 2 is 1.19 bits per heavy atom. The van der Waals surface area contributed by atoms with Gasteiger partial charge >= 0.3 is 5.97 Å². The number of unbranched alkanes of at least 4 members (excludes halogenated alkanes) is 17. The van der Waals surface area contributed by atoms with Crippen molar-refractivity contribution in [2.45, 2.75) is 180 Å². The summed E-state index contributed by atoms with van der Waals surface area (Å²) in [5, 5.41) is 20.3. The molecule has 0 aliphatic carbocycles. The van der Waals surface area contributed by atoms with Crippen molar-refractivity contribution in [3.05, 3.63) is 60.9 Å². The van der Waals surface area contributed by atoms with E-state index in [-0.39, 0.29) is 26.2 Å². The predicted molar refractivity (Wildman–Crippen MR) is 233 cm³/mol. The number of carbonyl (C=O) groups is 1. The SMILES string of the molecule is CCCCC/C=C\C[C@@H](O)/C=C/C=C/C=C\[C@@H](O)CCCC(=O)OC[C@H](COP(=O)([O-])OCC[N+](C)(C)C)O/C=C/CCCCCCCCCCCCCCCC. The third-order valence-corrected chi connectivity index (χ3v) is 10.3. The van der Waals surface area contributed by atoms with Crippen LogP contribution in [-0.4, -0.2) is 86.5 Å². The van der Waals surface area contributed by atoms with Crippen LogP contribution < -0.4 is 4.89 Å². The first kappa shape index (κ1) is 55.0. The molecule has 2 N–H and O–H groups in total. The molecular weight excluding hydrogens is 741 g/mol. The number of rotatable bonds is 40. The first-order chi connectivity index (χ1) is 27.4. The molecule has 1 unspecified atom stereocenters. The molecule has 0 saturated heterocycles. The van der Waals surface area contributed by atoms with E-state index in [4.69, 9.17) is 18.5 Å². The Morgan fingerprint density at radius 1 is 0.667 bits per heavy atom. The van der Waals surface area contributed by atoms with Gasteiger partial charge in [-0.15, -0.1) is 0 Å². The van der Waals surface area contributed by atoms with E-state index in [1.807, 2.05) is 33.3 Å². The van der Waals surface area contributed by atoms with Crippen LogP contribution in [0.4, 0.5) is 0 Å². The minimum atomic E-state index is -4.58. The van der Waals surface area contributed by atoms with E-state index in [1.54, 1.807) is 36.5 Å². The minimum absolute atomic E-state index is 0.0141. The van der Waals surface area contributed by atoms with Gasteiger partial charge in [0.05, 0.1) is 46.2 Å². The molecule has 57 heavy (non-hydrogen) atoms. The number of phosphoric acid groups is 1. The predicted octanol–water partition coefficient (Wildman–Crippen LogP) is 10.6. The first-order valence-corrected chi connectivity index (χ1v) is 23.7. The van der Waals surface area contributed by atoms with Gasteiger partial charge in [-0.25, -0.2) is 0 Å². The van der Waals surface area contributed by atoms with Crippen molar-refractivity contribution in [2.75, 3.05) is 47.5 Å². The van der Waals surface area contributed by atoms with Gasteiger partial charge in [-0.05, 0) is 51.0 Å². The maximum absolute atomic E-state index is 12.5. The average molecular weight is 826 g/mol. The van der Waals surface area contributed by atoms with Crippen molar-refractivity contribution in [1.82, 2.24) is 0 Å². The number of aliphatic hydroxyl groups excluding tert-OH is 2. The fourth-order valence-corrected chi connectivity index (χ4v) is 6.45. The van der Waals surface area contributed by atoms with Gasteiger partial charge in [0.15, 0.2) is 6.10 Å². The van der Waals surface area contributed by atoms with Crippen molar-refractivity contribution in [2.24, 2.45) is 0 Å². The van der Waals surface area contributed by atoms with Gasteiger partial charge in [-0.2, -0.15) is 0 Å². The van der Waals surface area contributed by atoms with Gasteiger partial charge in [-0.1, -0.05) is 159 Å². The van der Waals surface area contributed by atoms with Crippen LogP contribution in [0.3, 0.4) is 0 Å². The number of likely N-dealkylation sites (N-methyl/N-ethyl adjacent to an activating group) is 1. The molecule has 0 amide bonds. The van der Waals surface area contributed by atoms with Crippen LogP contribution in [0.1, 0.15) is 162 Å². The van der Waals surface area contributed by atoms with Gasteiger partial charge in [0, 0.05) is 6.42 Å². The van der Waals surface area contributed by atoms with E-state index < -0.39 is 32.1 Å². The smallest absolute Gasteiger partial charge is 0.305 e. The normalized spacial score (nSPS) is 15.4. The number of hydrogen-bond donors (Lipinski definition) is 2. The van der Waals surface area contributed by atoms with Crippen molar-refractivity contribution < 1.29 is 47.5 Å². The highest BCUT2D eigenvalue weighted by Gasteiger charge is 2.19. The summed E-state index contributed by atoms with van der Waals surface area (Å²) in [6, 6.07) is 0. The summed E-state index contributed by atoms with van der Waals surface area (Å²) in [6.07, 6.45) is 41.0. The van der Waals surface area contributed by atoms with Crippen LogP contribution in [0.15, 0.2) is 60.9 Å². The molecule has 10 nitrogen and oxygen atoms in total. The number of allylic oxidation sites excluding steroid dienone is 6. The fourth-order valence-electron chi connectivity index (χ4n) is 5.72. The molecule has 0 rings (SSSR count). The van der Waals surface area contributed by atoms with Crippen molar-refractivity contribution in [3.63, 3.8) is 0 Å². The number of quaternary nitrogens is 1. The zero-order valence-electron chi connectivity index (χ0n) is 36.7. The monoisotopic (exact) mass is 826 g/mol. The Bertz CT molecular complexity index is 1130. The average Bonchev–Trinajstić information content (AvgIpc) is 3.15. The second kappa shape index (κ2) is 38.2. The molecule has 0 aliphatic rings. The zero-order valence-corrected chi connectivity index (χ0v) is 37.6. The van der Waals surface area contributed by atoms with Crippen LogP contribution in [0, 0.1) is 0 Å². The number of ether oxygens (including phenoxy) is 2. The standard InChI is InChI=1S/C46H84NO9P/c1-6-8-10-12-14-15-16-17-18-19-20-21-22-23-27-31-39-53-45(42-56-57(51,52)55-40-38-47(3,4)5)41-54-46(50)37-32-36-44(49)35-30-26-25-29-34-43(48)33-28-24-13-11-9-7-2/h24-26,28-31,34-35,39,43-45,48-49H,6-23,27,32-33,36-38,40-42H2,1-5H3/b26-25+,28-24-,34-29+,35-30-,39-31+/t43-,44-,45-/m1/s1. The van der Waals surface area contributed by atoms with Crippen LogP contribution in [0.25, 0.3) is 0 Å². The summed E-state index contributed by atoms with van der Waals surface area (Å²) < 4.78 is 34.2. The molecule has 0 heterocycles. The molecule has 0 radical (unpaired) electrons. The maximum Gasteiger partial charge on any atom is 0.305 e. The summed E-state index contributed by atoms with van der Waals surface area (Å²) >= 11 is 0. The molecule has 0 saturated carbocycles. The second-order valence-electron chi connectivity index (χ2n) is 16.2. The third-order valence-electron chi connectivity index (χ3n) is 9.35. The van der Waals surface area contributed by atoms with E-state index in [0.717, 1.165) is 25.7 Å². The second-order valence-corrected chi connectivity index (χ2v) is 17.6. The lowest BCUT2D eigenvalue weighted by atomic mass is 10.0. The van der Waals surface area contributed by atoms with Crippen molar-refractivity contribution in [1.29, 1.82) is 0 Å². The Labute approximate surface area is 348 Å². The molecule has 0 aromatic rings. The van der Waals surface area contributed by atoms with Crippen LogP contribution >= 0.6 is 7.82 Å². The lowest BCUT2D eigenvalue weighted by Gasteiger charge is -2.28. The fraction of sp³-hybridized carbons (Fsp3) is 0.761. The first-order valence-electron chi connectivity index (χ1n) is 22.3. The molecule has 0 bridgehead atoms. The zero-order chi connectivity index (χ0) is 42.3. The molecule has 0 fully saturated rings. The molecule has 0 spiro atoms. The molecule has 0 aromatic carbocycles. The lowest BCUT2D eigenvalue weighted by Crippen LogP contribution is -2.37. The van der Waals surface area contributed by atoms with Gasteiger partial charge in [0.1, 0.15) is 19.8 Å². The highest BCUT2D eigenvalue weighted by Crippen LogP contribution is 2.38. The van der Waals surface area contributed by atoms with E-state index >= 15 is 0 Å². The minimum Gasteiger partial charge on any atom is -0.756 e. The van der Waals surface area contributed by atoms with Crippen LogP contribution in [0.2, 0.25) is 0 Å². The molecule has 11 heteroatoms. The van der Waals surface area contributed by atoms with Crippen LogP contribution in [0.5, 0.6) is 0 Å². The topological polar surface area (TPSA) is 135 Å². The van der Waals surface area contributed by atoms with E-state index in [0.29, 0.717) is 30.3 Å². The highest BCUT2D eigenvalue weighted by atomic mass is 31.2. The maximum atomic E-state index is 12.5. The Morgan fingerprint density at radius 3 is 1.79 bits per heavy atom. The Hall–Kier alpha value is -2.04. The Balaban J connectivity index is 4.54. The highest BCUT2D eigenvalue weighted by molar-refractivity contribution is 7.45. The number of aliphatic hydroxyl groups is 2. The molecule has 4 atom stereocenters. The number of carbonyl (C=O) groups excluding carboxylic acids is 1. The van der Waals surface area contributed by atoms with E-state index in [1.165, 1.54) is 103 Å². The quantitative estimate of drug-likeness (QED) is 0.0118. The molecule has 332 valence electrons. The lowest BCUT2D eigenvalue weighted by molar-refractivity contribution is -0.870. The van der Waals surface area contributed by atoms with E-state index in [9.17, 15) is 24.5 Å². The van der Waals surface area contributed by atoms with Crippen molar-refractivity contribution >= 4 is 13.8 Å². The number of nitrogens with zero attached hydrogens (tertiary/aromatic N) is 1. The van der Waals surface area contributed by atoms with E-state index in [2.05, 4.69) is 19.9 Å². The molecule has 0 aliphatic heterocycles. The summed E-state index contributed by atoms with van der Waals surface area (Å²) in [5.74, 6) is -0.477. The third kappa shape index (κ3) is 41.9. The number of esters is 1. The van der Waals surface area contributed by atoms with Crippen LogP contribution in [-0.2, 0) is 27.9 Å². The van der Waals surface area contributed by atoms with Gasteiger partial charge < -0.3 is 38.1 Å². The summed E-state index contributed by atoms with van der Waals surface area (Å²) in [6.45, 7) is 4.36. The van der Waals surface area contributed by atoms with Crippen molar-refractivity contribution in [3.8, 4) is 0 Å².